The third-order valence-electron chi connectivity index (χ3n) is 3.84. The smallest absolute Gasteiger partial charge is 0.105 e. The van der Waals surface area contributed by atoms with E-state index in [9.17, 15) is 0 Å². The van der Waals surface area contributed by atoms with Crippen molar-refractivity contribution < 1.29 is 4.42 Å². The van der Waals surface area contributed by atoms with E-state index < -0.39 is 0 Å². The Morgan fingerprint density at radius 3 is 2.62 bits per heavy atom. The molecule has 1 heterocycles. The van der Waals surface area contributed by atoms with Crippen molar-refractivity contribution in [2.75, 3.05) is 7.05 Å². The molecule has 1 aliphatic carbocycles. The highest BCUT2D eigenvalue weighted by atomic mass is 16.3. The molecule has 1 aromatic heterocycles. The van der Waals surface area contributed by atoms with Crippen molar-refractivity contribution in [1.29, 1.82) is 0 Å². The Hall–Kier alpha value is -0.760. The summed E-state index contributed by atoms with van der Waals surface area (Å²) in [5.74, 6) is 1.95. The van der Waals surface area contributed by atoms with Gasteiger partial charge >= 0.3 is 0 Å². The van der Waals surface area contributed by atoms with Gasteiger partial charge in [0.05, 0.1) is 6.26 Å². The first-order valence-corrected chi connectivity index (χ1v) is 6.60. The molecular formula is C14H23NO. The highest BCUT2D eigenvalue weighted by Gasteiger charge is 2.22. The monoisotopic (exact) mass is 221 g/mol. The second kappa shape index (κ2) is 6.09. The largest absolute Gasteiger partial charge is 0.469 e. The van der Waals surface area contributed by atoms with Crippen LogP contribution in [0.4, 0.5) is 0 Å². The zero-order chi connectivity index (χ0) is 11.2. The van der Waals surface area contributed by atoms with Crippen LogP contribution in [0.5, 0.6) is 0 Å². The molecule has 0 spiro atoms. The maximum absolute atomic E-state index is 5.45. The van der Waals surface area contributed by atoms with Gasteiger partial charge in [0, 0.05) is 12.5 Å². The summed E-state index contributed by atoms with van der Waals surface area (Å²) in [5, 5.41) is 3.48. The molecule has 0 saturated heterocycles. The first-order chi connectivity index (χ1) is 7.90. The molecule has 0 radical (unpaired) electrons. The summed E-state index contributed by atoms with van der Waals surface area (Å²) in [4.78, 5) is 0. The minimum Gasteiger partial charge on any atom is -0.469 e. The minimum absolute atomic E-state index is 0.587. The summed E-state index contributed by atoms with van der Waals surface area (Å²) in [6.45, 7) is 0. The van der Waals surface area contributed by atoms with Crippen molar-refractivity contribution in [3.05, 3.63) is 24.2 Å². The molecular weight excluding hydrogens is 198 g/mol. The zero-order valence-electron chi connectivity index (χ0n) is 10.2. The van der Waals surface area contributed by atoms with E-state index in [0.29, 0.717) is 6.04 Å². The molecule has 1 aliphatic rings. The Morgan fingerprint density at radius 2 is 2.06 bits per heavy atom. The summed E-state index contributed by atoms with van der Waals surface area (Å²) in [5.41, 5.74) is 0. The molecule has 1 unspecified atom stereocenters. The lowest BCUT2D eigenvalue weighted by molar-refractivity contribution is 0.316. The zero-order valence-corrected chi connectivity index (χ0v) is 10.2. The average Bonchev–Trinajstić information content (AvgIpc) is 2.67. The third kappa shape index (κ3) is 3.11. The maximum atomic E-state index is 5.45. The summed E-state index contributed by atoms with van der Waals surface area (Å²) in [6, 6.07) is 4.65. The van der Waals surface area contributed by atoms with Gasteiger partial charge in [0.2, 0.25) is 0 Å². The van der Waals surface area contributed by atoms with Crippen LogP contribution in [0, 0.1) is 5.92 Å². The van der Waals surface area contributed by atoms with E-state index in [-0.39, 0.29) is 0 Å². The van der Waals surface area contributed by atoms with Gasteiger partial charge in [-0.15, -0.1) is 0 Å². The van der Waals surface area contributed by atoms with Crippen molar-refractivity contribution >= 4 is 0 Å². The number of likely N-dealkylation sites (N-methyl/N-ethyl adjacent to an activating group) is 1. The fourth-order valence-electron chi connectivity index (χ4n) is 2.86. The van der Waals surface area contributed by atoms with Gasteiger partial charge in [-0.05, 0) is 37.9 Å². The number of furan rings is 1. The number of nitrogens with one attached hydrogen (secondary N) is 1. The Morgan fingerprint density at radius 1 is 1.31 bits per heavy atom. The second-order valence-electron chi connectivity index (χ2n) is 4.93. The van der Waals surface area contributed by atoms with Gasteiger partial charge in [0.25, 0.3) is 0 Å². The lowest BCUT2D eigenvalue weighted by atomic mass is 9.89. The molecule has 1 saturated carbocycles. The normalized spacial score (nSPS) is 20.6. The van der Waals surface area contributed by atoms with Crippen LogP contribution in [-0.2, 0) is 6.42 Å². The second-order valence-corrected chi connectivity index (χ2v) is 4.93. The molecule has 1 N–H and O–H groups in total. The molecule has 2 heteroatoms. The standard InChI is InChI=1S/C14H23NO/c1-15-14(11-13-9-6-10-16-13)12-7-4-2-3-5-8-12/h6,9-10,12,14-15H,2-5,7-8,11H2,1H3. The van der Waals surface area contributed by atoms with Gasteiger partial charge < -0.3 is 9.73 Å². The fraction of sp³-hybridized carbons (Fsp3) is 0.714. The molecule has 1 atom stereocenters. The van der Waals surface area contributed by atoms with Crippen molar-refractivity contribution in [1.82, 2.24) is 5.32 Å². The molecule has 2 nitrogen and oxygen atoms in total. The quantitative estimate of drug-likeness (QED) is 0.788. The van der Waals surface area contributed by atoms with Gasteiger partial charge in [-0.2, -0.15) is 0 Å². The summed E-state index contributed by atoms with van der Waals surface area (Å²) in [7, 11) is 2.08. The van der Waals surface area contributed by atoms with Crippen LogP contribution in [0.1, 0.15) is 44.3 Å². The van der Waals surface area contributed by atoms with Gasteiger partial charge in [-0.1, -0.05) is 25.7 Å². The molecule has 1 fully saturated rings. The number of hydrogen-bond donors (Lipinski definition) is 1. The van der Waals surface area contributed by atoms with E-state index >= 15 is 0 Å². The summed E-state index contributed by atoms with van der Waals surface area (Å²) < 4.78 is 5.45. The highest BCUT2D eigenvalue weighted by molar-refractivity contribution is 5.01. The molecule has 0 aliphatic heterocycles. The fourth-order valence-corrected chi connectivity index (χ4v) is 2.86. The lowest BCUT2D eigenvalue weighted by Crippen LogP contribution is -2.35. The molecule has 90 valence electrons. The Kier molecular flexibility index (Phi) is 4.46. The van der Waals surface area contributed by atoms with Crippen molar-refractivity contribution in [2.24, 2.45) is 5.92 Å². The first-order valence-electron chi connectivity index (χ1n) is 6.60. The molecule has 0 aromatic carbocycles. The topological polar surface area (TPSA) is 25.2 Å². The molecule has 1 aromatic rings. The van der Waals surface area contributed by atoms with E-state index in [1.165, 1.54) is 38.5 Å². The lowest BCUT2D eigenvalue weighted by Gasteiger charge is -2.25. The van der Waals surface area contributed by atoms with E-state index in [0.717, 1.165) is 18.1 Å². The SMILES string of the molecule is CNC(Cc1ccco1)C1CCCCCC1. The molecule has 0 amide bonds. The van der Waals surface area contributed by atoms with Crippen molar-refractivity contribution in [3.8, 4) is 0 Å². The minimum atomic E-state index is 0.587. The van der Waals surface area contributed by atoms with Crippen LogP contribution in [0.25, 0.3) is 0 Å². The van der Waals surface area contributed by atoms with Crippen LogP contribution in [0.3, 0.4) is 0 Å². The number of rotatable bonds is 4. The van der Waals surface area contributed by atoms with Gasteiger partial charge in [-0.25, -0.2) is 0 Å². The van der Waals surface area contributed by atoms with Crippen molar-refractivity contribution in [2.45, 2.75) is 51.0 Å². The van der Waals surface area contributed by atoms with Crippen LogP contribution in [-0.4, -0.2) is 13.1 Å². The predicted molar refractivity (Wildman–Crippen MR) is 66.5 cm³/mol. The Balaban J connectivity index is 1.92. The highest BCUT2D eigenvalue weighted by Crippen LogP contribution is 2.27. The van der Waals surface area contributed by atoms with Gasteiger partial charge in [0.1, 0.15) is 5.76 Å². The van der Waals surface area contributed by atoms with Gasteiger partial charge in [-0.3, -0.25) is 0 Å². The van der Waals surface area contributed by atoms with Crippen molar-refractivity contribution in [3.63, 3.8) is 0 Å². The average molecular weight is 221 g/mol. The van der Waals surface area contributed by atoms with Crippen LogP contribution < -0.4 is 5.32 Å². The predicted octanol–water partition coefficient (Wildman–Crippen LogP) is 3.38. The van der Waals surface area contributed by atoms with E-state index in [4.69, 9.17) is 4.42 Å². The Bertz CT molecular complexity index is 273. The van der Waals surface area contributed by atoms with Crippen LogP contribution in [0.2, 0.25) is 0 Å². The summed E-state index contributed by atoms with van der Waals surface area (Å²) in [6.07, 6.45) is 11.2. The van der Waals surface area contributed by atoms with Gasteiger partial charge in [0.15, 0.2) is 0 Å². The van der Waals surface area contributed by atoms with Crippen LogP contribution >= 0.6 is 0 Å². The maximum Gasteiger partial charge on any atom is 0.105 e. The third-order valence-corrected chi connectivity index (χ3v) is 3.84. The summed E-state index contributed by atoms with van der Waals surface area (Å²) >= 11 is 0. The first kappa shape index (κ1) is 11.7. The Labute approximate surface area is 98.4 Å². The molecule has 0 bridgehead atoms. The van der Waals surface area contributed by atoms with E-state index in [1.54, 1.807) is 6.26 Å². The molecule has 2 rings (SSSR count). The number of hydrogen-bond acceptors (Lipinski definition) is 2. The van der Waals surface area contributed by atoms with Crippen LogP contribution in [0.15, 0.2) is 22.8 Å². The van der Waals surface area contributed by atoms with E-state index in [2.05, 4.69) is 18.4 Å². The molecule has 16 heavy (non-hydrogen) atoms. The van der Waals surface area contributed by atoms with E-state index in [1.807, 2.05) is 6.07 Å².